The van der Waals surface area contributed by atoms with Crippen molar-refractivity contribution in [2.45, 2.75) is 33.6 Å². The monoisotopic (exact) mass is 166 g/mol. The van der Waals surface area contributed by atoms with Crippen LogP contribution in [0.2, 0.25) is 0 Å². The fourth-order valence-electron chi connectivity index (χ4n) is 1.10. The van der Waals surface area contributed by atoms with Gasteiger partial charge in [-0.3, -0.25) is 0 Å². The first-order valence-electron chi connectivity index (χ1n) is 4.39. The largest absolute Gasteiger partial charge is 0.340 e. The van der Waals surface area contributed by atoms with Crippen LogP contribution in [0.25, 0.3) is 0 Å². The van der Waals surface area contributed by atoms with Gasteiger partial charge < -0.3 is 4.57 Å². The molecule has 0 unspecified atom stereocenters. The number of imidazole rings is 1. The highest BCUT2D eigenvalue weighted by molar-refractivity contribution is 5.06. The average molecular weight is 166 g/mol. The zero-order valence-electron chi connectivity index (χ0n) is 8.63. The van der Waals surface area contributed by atoms with Gasteiger partial charge in [-0.2, -0.15) is 0 Å². The second kappa shape index (κ2) is 2.92. The molecule has 0 aromatic carbocycles. The third kappa shape index (κ3) is 1.87. The number of hydrogen-bond acceptors (Lipinski definition) is 1. The molecule has 1 aromatic rings. The van der Waals surface area contributed by atoms with Crippen LogP contribution in [-0.4, -0.2) is 9.55 Å². The van der Waals surface area contributed by atoms with Gasteiger partial charge in [0.25, 0.3) is 0 Å². The zero-order chi connectivity index (χ0) is 9.35. The normalized spacial score (nSPS) is 14.8. The summed E-state index contributed by atoms with van der Waals surface area (Å²) in [6.07, 6.45) is 3.95. The second-order valence-corrected chi connectivity index (χ2v) is 4.55. The Bertz CT molecular complexity index is 255. The lowest BCUT2D eigenvalue weighted by atomic mass is 9.80. The standard InChI is InChI=1S/C10H18N2/c1-8(10(2,3)4)9-6-12(5)7-11-9/h6-8H,1-5H3/t8-/m0/s1. The summed E-state index contributed by atoms with van der Waals surface area (Å²) in [6.45, 7) is 8.95. The molecular weight excluding hydrogens is 148 g/mol. The molecular formula is C10H18N2. The minimum Gasteiger partial charge on any atom is -0.340 e. The minimum absolute atomic E-state index is 0.300. The van der Waals surface area contributed by atoms with Crippen LogP contribution in [0.5, 0.6) is 0 Å². The summed E-state index contributed by atoms with van der Waals surface area (Å²) in [6, 6.07) is 0. The Morgan fingerprint density at radius 2 is 2.00 bits per heavy atom. The van der Waals surface area contributed by atoms with Gasteiger partial charge in [0.05, 0.1) is 12.0 Å². The summed E-state index contributed by atoms with van der Waals surface area (Å²) >= 11 is 0. The van der Waals surface area contributed by atoms with Crippen molar-refractivity contribution in [3.05, 3.63) is 18.2 Å². The van der Waals surface area contributed by atoms with E-state index >= 15 is 0 Å². The van der Waals surface area contributed by atoms with Gasteiger partial charge >= 0.3 is 0 Å². The third-order valence-corrected chi connectivity index (χ3v) is 2.47. The van der Waals surface area contributed by atoms with E-state index in [9.17, 15) is 0 Å². The smallest absolute Gasteiger partial charge is 0.0946 e. The van der Waals surface area contributed by atoms with Crippen molar-refractivity contribution in [3.8, 4) is 0 Å². The Morgan fingerprint density at radius 1 is 1.42 bits per heavy atom. The Hall–Kier alpha value is -0.790. The van der Waals surface area contributed by atoms with Crippen molar-refractivity contribution in [2.24, 2.45) is 12.5 Å². The molecule has 0 aliphatic carbocycles. The van der Waals surface area contributed by atoms with Crippen LogP contribution in [0.15, 0.2) is 12.5 Å². The van der Waals surface area contributed by atoms with Gasteiger partial charge in [0.2, 0.25) is 0 Å². The van der Waals surface area contributed by atoms with E-state index in [1.54, 1.807) is 0 Å². The minimum atomic E-state index is 0.300. The van der Waals surface area contributed by atoms with Crippen molar-refractivity contribution < 1.29 is 0 Å². The van der Waals surface area contributed by atoms with Crippen LogP contribution in [0.1, 0.15) is 39.3 Å². The molecule has 1 rings (SSSR count). The van der Waals surface area contributed by atoms with Crippen LogP contribution in [0.3, 0.4) is 0 Å². The summed E-state index contributed by atoms with van der Waals surface area (Å²) in [4.78, 5) is 4.35. The molecule has 2 heteroatoms. The number of rotatable bonds is 1. The lowest BCUT2D eigenvalue weighted by molar-refractivity contribution is 0.334. The zero-order valence-corrected chi connectivity index (χ0v) is 8.63. The van der Waals surface area contributed by atoms with Crippen molar-refractivity contribution in [1.82, 2.24) is 9.55 Å². The molecule has 0 saturated carbocycles. The maximum Gasteiger partial charge on any atom is 0.0946 e. The number of hydrogen-bond donors (Lipinski definition) is 0. The molecule has 0 bridgehead atoms. The van der Waals surface area contributed by atoms with Gasteiger partial charge in [-0.25, -0.2) is 4.98 Å². The summed E-state index contributed by atoms with van der Waals surface area (Å²) in [7, 11) is 2.01. The lowest BCUT2D eigenvalue weighted by Gasteiger charge is -2.25. The highest BCUT2D eigenvalue weighted by Crippen LogP contribution is 2.32. The number of nitrogens with zero attached hydrogens (tertiary/aromatic N) is 2. The highest BCUT2D eigenvalue weighted by atomic mass is 15.0. The molecule has 0 fully saturated rings. The Balaban J connectivity index is 2.85. The van der Waals surface area contributed by atoms with Gasteiger partial charge in [0.1, 0.15) is 0 Å². The summed E-state index contributed by atoms with van der Waals surface area (Å²) in [5.74, 6) is 0.513. The molecule has 0 aliphatic heterocycles. The molecule has 68 valence electrons. The predicted molar refractivity (Wildman–Crippen MR) is 51.1 cm³/mol. The van der Waals surface area contributed by atoms with E-state index in [1.807, 2.05) is 17.9 Å². The first-order chi connectivity index (χ1) is 5.41. The van der Waals surface area contributed by atoms with Crippen LogP contribution in [0.4, 0.5) is 0 Å². The first-order valence-corrected chi connectivity index (χ1v) is 4.39. The lowest BCUT2D eigenvalue weighted by Crippen LogP contribution is -2.15. The molecule has 0 amide bonds. The van der Waals surface area contributed by atoms with Crippen LogP contribution < -0.4 is 0 Å². The molecule has 2 nitrogen and oxygen atoms in total. The third-order valence-electron chi connectivity index (χ3n) is 2.47. The molecule has 12 heavy (non-hydrogen) atoms. The second-order valence-electron chi connectivity index (χ2n) is 4.55. The average Bonchev–Trinajstić information content (AvgIpc) is 2.32. The van der Waals surface area contributed by atoms with E-state index in [0.29, 0.717) is 11.3 Å². The van der Waals surface area contributed by atoms with Gasteiger partial charge in [-0.1, -0.05) is 27.7 Å². The van der Waals surface area contributed by atoms with Crippen molar-refractivity contribution in [3.63, 3.8) is 0 Å². The molecule has 0 N–H and O–H groups in total. The molecule has 1 aromatic heterocycles. The Morgan fingerprint density at radius 3 is 2.33 bits per heavy atom. The highest BCUT2D eigenvalue weighted by Gasteiger charge is 2.23. The van der Waals surface area contributed by atoms with Crippen molar-refractivity contribution >= 4 is 0 Å². The summed E-state index contributed by atoms with van der Waals surface area (Å²) < 4.78 is 2.00. The van der Waals surface area contributed by atoms with E-state index in [0.717, 1.165) is 0 Å². The summed E-state index contributed by atoms with van der Waals surface area (Å²) in [5.41, 5.74) is 1.49. The molecule has 0 aliphatic rings. The van der Waals surface area contributed by atoms with Crippen LogP contribution in [0, 0.1) is 5.41 Å². The van der Waals surface area contributed by atoms with Crippen molar-refractivity contribution in [1.29, 1.82) is 0 Å². The SMILES string of the molecule is C[C@@H](c1cn(C)cn1)C(C)(C)C. The maximum atomic E-state index is 4.35. The molecule has 0 saturated heterocycles. The van der Waals surface area contributed by atoms with E-state index in [-0.39, 0.29) is 0 Å². The Kier molecular flexibility index (Phi) is 2.27. The first kappa shape index (κ1) is 9.30. The van der Waals surface area contributed by atoms with Crippen LogP contribution in [-0.2, 0) is 7.05 Å². The van der Waals surface area contributed by atoms with Crippen LogP contribution >= 0.6 is 0 Å². The molecule has 1 heterocycles. The van der Waals surface area contributed by atoms with Gasteiger partial charge in [-0.05, 0) is 5.41 Å². The number of aryl methyl sites for hydroxylation is 1. The molecule has 1 atom stereocenters. The molecule has 0 spiro atoms. The number of aromatic nitrogens is 2. The van der Waals surface area contributed by atoms with E-state index in [4.69, 9.17) is 0 Å². The quantitative estimate of drug-likeness (QED) is 0.627. The van der Waals surface area contributed by atoms with E-state index in [1.165, 1.54) is 5.69 Å². The maximum absolute atomic E-state index is 4.35. The van der Waals surface area contributed by atoms with Gasteiger partial charge in [0.15, 0.2) is 0 Å². The van der Waals surface area contributed by atoms with Crippen molar-refractivity contribution in [2.75, 3.05) is 0 Å². The fraction of sp³-hybridized carbons (Fsp3) is 0.700. The topological polar surface area (TPSA) is 17.8 Å². The summed E-state index contributed by atoms with van der Waals surface area (Å²) in [5, 5.41) is 0. The fourth-order valence-corrected chi connectivity index (χ4v) is 1.10. The van der Waals surface area contributed by atoms with Gasteiger partial charge in [-0.15, -0.1) is 0 Å². The Labute approximate surface area is 74.6 Å². The van der Waals surface area contributed by atoms with E-state index in [2.05, 4.69) is 38.9 Å². The van der Waals surface area contributed by atoms with E-state index < -0.39 is 0 Å². The predicted octanol–water partition coefficient (Wildman–Crippen LogP) is 2.57. The van der Waals surface area contributed by atoms with Gasteiger partial charge in [0, 0.05) is 19.2 Å². The molecule has 0 radical (unpaired) electrons.